The molecule has 6 rings (SSSR count). The Morgan fingerprint density at radius 1 is 0.482 bits per heavy atom. The van der Waals surface area contributed by atoms with Crippen molar-refractivity contribution in [2.45, 2.75) is 33.4 Å². The zero-order chi connectivity index (χ0) is 41.0. The number of carbonyl (C=O) groups is 1. The summed E-state index contributed by atoms with van der Waals surface area (Å²) >= 11 is 0. The molecule has 0 saturated carbocycles. The number of fused-ring (bicyclic) bond motifs is 2. The second-order valence-corrected chi connectivity index (χ2v) is 18.4. The number of anilines is 4. The zero-order valence-corrected chi connectivity index (χ0v) is 32.1. The van der Waals surface area contributed by atoms with E-state index in [1.807, 2.05) is 0 Å². The van der Waals surface area contributed by atoms with Crippen LogP contribution in [-0.4, -0.2) is 59.0 Å². The molecule has 292 valence electrons. The highest BCUT2D eigenvalue weighted by atomic mass is 32.2. The summed E-state index contributed by atoms with van der Waals surface area (Å²) in [6.07, 6.45) is 0. The van der Waals surface area contributed by atoms with E-state index >= 15 is 0 Å². The van der Waals surface area contributed by atoms with Crippen LogP contribution in [0.3, 0.4) is 0 Å². The van der Waals surface area contributed by atoms with Gasteiger partial charge in [0.2, 0.25) is 0 Å². The second kappa shape index (κ2) is 14.3. The van der Waals surface area contributed by atoms with Crippen LogP contribution in [0.2, 0.25) is 0 Å². The Morgan fingerprint density at radius 3 is 1.14 bits per heavy atom. The molecule has 6 aromatic rings. The number of urea groups is 1. The molecule has 0 aliphatic heterocycles. The number of aromatic hydroxyl groups is 2. The maximum atomic E-state index is 13.2. The number of amides is 2. The third kappa shape index (κ3) is 7.89. The lowest BCUT2D eigenvalue weighted by Gasteiger charge is -2.16. The van der Waals surface area contributed by atoms with Crippen molar-refractivity contribution in [1.29, 1.82) is 0 Å². The van der Waals surface area contributed by atoms with Crippen molar-refractivity contribution in [2.75, 3.05) is 10.6 Å². The minimum Gasteiger partial charge on any atom is -0.506 e. The van der Waals surface area contributed by atoms with E-state index in [-0.39, 0.29) is 44.6 Å². The average molecular weight is 843 g/mol. The molecule has 0 fully saturated rings. The third-order valence-corrected chi connectivity index (χ3v) is 13.2. The van der Waals surface area contributed by atoms with E-state index < -0.39 is 77.4 Å². The van der Waals surface area contributed by atoms with Gasteiger partial charge >= 0.3 is 6.03 Å². The Bertz CT molecular complexity index is 2880. The summed E-state index contributed by atoms with van der Waals surface area (Å²) < 4.78 is 123. The first kappa shape index (κ1) is 39.7. The Morgan fingerprint density at radius 2 is 0.821 bits per heavy atom. The highest BCUT2D eigenvalue weighted by Crippen LogP contribution is 2.40. The van der Waals surface area contributed by atoms with E-state index in [4.69, 9.17) is 0 Å². The van der Waals surface area contributed by atoms with Crippen molar-refractivity contribution in [3.63, 3.8) is 0 Å². The molecule has 0 aliphatic rings. The van der Waals surface area contributed by atoms with Crippen LogP contribution in [0.15, 0.2) is 117 Å². The number of phenols is 2. The second-order valence-electron chi connectivity index (χ2n) is 12.3. The summed E-state index contributed by atoms with van der Waals surface area (Å²) in [5, 5.41) is 27.7. The first-order valence-electron chi connectivity index (χ1n) is 15.9. The van der Waals surface area contributed by atoms with E-state index in [9.17, 15) is 57.8 Å². The van der Waals surface area contributed by atoms with Crippen molar-refractivity contribution in [1.82, 2.24) is 9.44 Å². The number of hydrogen-bond acceptors (Lipinski definition) is 13. The van der Waals surface area contributed by atoms with Gasteiger partial charge < -0.3 is 20.8 Å². The van der Waals surface area contributed by atoms with Gasteiger partial charge in [-0.1, -0.05) is 48.5 Å². The summed E-state index contributed by atoms with van der Waals surface area (Å²) in [7, 11) is -19.0. The molecule has 0 radical (unpaired) electrons. The maximum Gasteiger partial charge on any atom is 0.342 e. The molecule has 0 aromatic heterocycles. The fourth-order valence-electron chi connectivity index (χ4n) is 6.01. The van der Waals surface area contributed by atoms with Crippen LogP contribution in [0.25, 0.3) is 21.5 Å². The fourth-order valence-corrected chi connectivity index (χ4v) is 9.59. The molecule has 21 heteroatoms. The molecule has 0 atom stereocenters. The number of carbonyl (C=O) groups excluding carboxylic acids is 1. The van der Waals surface area contributed by atoms with E-state index in [1.165, 1.54) is 50.2 Å². The molecule has 0 unspecified atom stereocenters. The van der Waals surface area contributed by atoms with E-state index in [2.05, 4.69) is 10.6 Å². The molecule has 0 saturated heterocycles. The number of nitrogens with one attached hydrogen (secondary N) is 4. The van der Waals surface area contributed by atoms with Gasteiger partial charge in [-0.15, -0.1) is 0 Å². The molecule has 0 bridgehead atoms. The van der Waals surface area contributed by atoms with E-state index in [1.54, 1.807) is 45.8 Å². The highest BCUT2D eigenvalue weighted by molar-refractivity contribution is 7.91. The fraction of sp³-hybridized carbons (Fsp3) is 0.0571. The number of benzene rings is 6. The van der Waals surface area contributed by atoms with Gasteiger partial charge in [0.15, 0.2) is 0 Å². The number of hydrogen-bond donors (Lipinski definition) is 8. The molecule has 0 spiro atoms. The predicted molar refractivity (Wildman–Crippen MR) is 206 cm³/mol. The highest BCUT2D eigenvalue weighted by Gasteiger charge is 2.27. The maximum absolute atomic E-state index is 13.2. The van der Waals surface area contributed by atoms with Crippen LogP contribution >= 0.6 is 0 Å². The Hall–Kier alpha value is -5.97. The quantitative estimate of drug-likeness (QED) is 0.0635. The monoisotopic (exact) mass is 842 g/mol. The lowest BCUT2D eigenvalue weighted by atomic mass is 10.1. The van der Waals surface area contributed by atoms with Gasteiger partial charge in [0.1, 0.15) is 21.3 Å². The predicted octanol–water partition coefficient (Wildman–Crippen LogP) is 5.38. The smallest absolute Gasteiger partial charge is 0.342 e. The SMILES string of the molecule is Cc1cc(Nc2cc(S(=O)(=O)O)c(O)c3ccccc23)ccc1S(=O)(=O)NC(=O)NS(=O)(=O)c1ccc(Nc2cc(S(=O)(=O)O)c(O)c3ccccc23)cc1C. The van der Waals surface area contributed by atoms with Crippen LogP contribution in [-0.2, 0) is 40.3 Å². The third-order valence-electron chi connectivity index (χ3n) is 8.46. The number of rotatable bonds is 10. The van der Waals surface area contributed by atoms with Gasteiger partial charge in [0.25, 0.3) is 40.3 Å². The van der Waals surface area contributed by atoms with Crippen LogP contribution in [0, 0.1) is 13.8 Å². The van der Waals surface area contributed by atoms with Gasteiger partial charge in [0, 0.05) is 44.3 Å². The Kier molecular flexibility index (Phi) is 10.1. The van der Waals surface area contributed by atoms with Crippen molar-refractivity contribution < 1.29 is 57.8 Å². The molecule has 17 nitrogen and oxygen atoms in total. The van der Waals surface area contributed by atoms with Gasteiger partial charge in [-0.3, -0.25) is 9.11 Å². The summed E-state index contributed by atoms with van der Waals surface area (Å²) in [6, 6.07) is 20.3. The summed E-state index contributed by atoms with van der Waals surface area (Å²) in [4.78, 5) is 10.5. The summed E-state index contributed by atoms with van der Waals surface area (Å²) in [6.45, 7) is 2.77. The van der Waals surface area contributed by atoms with Crippen molar-refractivity contribution in [3.8, 4) is 11.5 Å². The van der Waals surface area contributed by atoms with Gasteiger partial charge in [-0.05, 0) is 73.5 Å². The van der Waals surface area contributed by atoms with Crippen molar-refractivity contribution in [2.24, 2.45) is 0 Å². The lowest BCUT2D eigenvalue weighted by Crippen LogP contribution is -2.42. The topological polar surface area (TPSA) is 283 Å². The Labute approximate surface area is 320 Å². The summed E-state index contributed by atoms with van der Waals surface area (Å²) in [5.41, 5.74) is 0.944. The van der Waals surface area contributed by atoms with Crippen LogP contribution in [0.5, 0.6) is 11.5 Å². The molecule has 0 aliphatic carbocycles. The van der Waals surface area contributed by atoms with E-state index in [0.29, 0.717) is 10.8 Å². The molecule has 6 aromatic carbocycles. The first-order chi connectivity index (χ1) is 26.1. The first-order valence-corrected chi connectivity index (χ1v) is 21.7. The van der Waals surface area contributed by atoms with Crippen LogP contribution < -0.4 is 20.1 Å². The van der Waals surface area contributed by atoms with E-state index in [0.717, 1.165) is 24.3 Å². The van der Waals surface area contributed by atoms with Gasteiger partial charge in [-0.25, -0.2) is 31.1 Å². The van der Waals surface area contributed by atoms with Crippen LogP contribution in [0.1, 0.15) is 11.1 Å². The molecule has 2 amide bonds. The number of sulfonamides is 2. The average Bonchev–Trinajstić information content (AvgIpc) is 3.09. The summed E-state index contributed by atoms with van der Waals surface area (Å²) in [5.74, 6) is -1.33. The number of phenolic OH excluding ortho intramolecular Hbond substituents is 2. The lowest BCUT2D eigenvalue weighted by molar-refractivity contribution is 0.250. The minimum absolute atomic E-state index is 0.0836. The molecular weight excluding hydrogens is 813 g/mol. The van der Waals surface area contributed by atoms with Gasteiger partial charge in [-0.2, -0.15) is 16.8 Å². The molecular formula is C35H30N4O13S4. The zero-order valence-electron chi connectivity index (χ0n) is 28.8. The van der Waals surface area contributed by atoms with Crippen LogP contribution in [0.4, 0.5) is 27.5 Å². The number of aryl methyl sites for hydroxylation is 2. The van der Waals surface area contributed by atoms with Crippen molar-refractivity contribution >= 4 is 90.6 Å². The normalized spacial score (nSPS) is 12.4. The molecule has 0 heterocycles. The largest absolute Gasteiger partial charge is 0.506 e. The molecule has 56 heavy (non-hydrogen) atoms. The molecule has 8 N–H and O–H groups in total. The standard InChI is InChI=1S/C35H30N4O13S4/c1-19-15-21(36-27-17-31(55(47,48)49)33(40)25-9-5-3-7-23(25)27)11-13-29(19)53(43,44)38-35(42)39-54(45,46)30-14-12-22(16-20(30)2)37-28-18-32(56(50,51)52)34(41)26-10-6-4-8-24(26)28/h3-18,36-37,40-41H,1-2H3,(H2,38,39,42)(H,47,48,49)(H,50,51,52). The van der Waals surface area contributed by atoms with Crippen molar-refractivity contribution in [3.05, 3.63) is 108 Å². The van der Waals surface area contributed by atoms with Gasteiger partial charge in [0.05, 0.1) is 9.79 Å². The minimum atomic E-state index is -4.84. The Balaban J connectivity index is 1.19.